The van der Waals surface area contributed by atoms with Crippen molar-refractivity contribution in [1.29, 1.82) is 5.26 Å². The second-order valence-corrected chi connectivity index (χ2v) is 6.05. The lowest BCUT2D eigenvalue weighted by molar-refractivity contribution is 1.13. The van der Waals surface area contributed by atoms with Crippen LogP contribution in [0.25, 0.3) is 10.2 Å². The average Bonchev–Trinajstić information content (AvgIpc) is 2.83. The van der Waals surface area contributed by atoms with Crippen molar-refractivity contribution in [3.63, 3.8) is 0 Å². The van der Waals surface area contributed by atoms with Gasteiger partial charge in [-0.15, -0.1) is 11.3 Å². The molecule has 3 rings (SSSR count). The number of hydrogen-bond donors (Lipinski definition) is 1. The van der Waals surface area contributed by atoms with E-state index in [0.29, 0.717) is 16.3 Å². The van der Waals surface area contributed by atoms with E-state index in [1.54, 1.807) is 17.4 Å². The minimum Gasteiger partial charge on any atom is -0.396 e. The molecule has 0 fully saturated rings. The first-order valence-electron chi connectivity index (χ1n) is 5.45. The van der Waals surface area contributed by atoms with Crippen LogP contribution in [0.3, 0.4) is 0 Å². The molecule has 3 aromatic rings. The number of aromatic nitrogens is 2. The summed E-state index contributed by atoms with van der Waals surface area (Å²) in [6.07, 6.45) is 1.52. The largest absolute Gasteiger partial charge is 0.396 e. The van der Waals surface area contributed by atoms with Crippen LogP contribution in [-0.2, 0) is 0 Å². The summed E-state index contributed by atoms with van der Waals surface area (Å²) in [6.45, 7) is 0. The molecule has 2 N–H and O–H groups in total. The maximum atomic E-state index is 8.78. The standard InChI is InChI=1S/C13H8N4S2/c14-6-8-5-9(15)12(16-7-8)19-13-17-10-3-1-2-4-11(10)18-13/h1-5,7H,15H2. The topological polar surface area (TPSA) is 75.6 Å². The van der Waals surface area contributed by atoms with E-state index in [-0.39, 0.29) is 0 Å². The minimum absolute atomic E-state index is 0.464. The second-order valence-electron chi connectivity index (χ2n) is 3.78. The van der Waals surface area contributed by atoms with Crippen molar-refractivity contribution in [1.82, 2.24) is 9.97 Å². The van der Waals surface area contributed by atoms with Crippen molar-refractivity contribution in [3.05, 3.63) is 42.1 Å². The van der Waals surface area contributed by atoms with Gasteiger partial charge in [0.25, 0.3) is 0 Å². The molecule has 6 heteroatoms. The van der Waals surface area contributed by atoms with E-state index >= 15 is 0 Å². The van der Waals surface area contributed by atoms with Crippen LogP contribution >= 0.6 is 23.1 Å². The van der Waals surface area contributed by atoms with Crippen LogP contribution in [-0.4, -0.2) is 9.97 Å². The Bertz CT molecular complexity index is 756. The molecule has 0 spiro atoms. The van der Waals surface area contributed by atoms with Gasteiger partial charge in [-0.3, -0.25) is 0 Å². The summed E-state index contributed by atoms with van der Waals surface area (Å²) in [5.74, 6) is 0. The van der Waals surface area contributed by atoms with E-state index in [4.69, 9.17) is 11.0 Å². The fourth-order valence-corrected chi connectivity index (χ4v) is 3.55. The van der Waals surface area contributed by atoms with Crippen molar-refractivity contribution in [2.24, 2.45) is 0 Å². The number of nitrogen functional groups attached to an aromatic ring is 1. The number of thiazole rings is 1. The van der Waals surface area contributed by atoms with E-state index in [1.807, 2.05) is 30.3 Å². The summed E-state index contributed by atoms with van der Waals surface area (Å²) >= 11 is 3.02. The van der Waals surface area contributed by atoms with Crippen LogP contribution in [0.5, 0.6) is 0 Å². The van der Waals surface area contributed by atoms with E-state index in [9.17, 15) is 0 Å². The van der Waals surface area contributed by atoms with Crippen LogP contribution in [0.2, 0.25) is 0 Å². The lowest BCUT2D eigenvalue weighted by Gasteiger charge is -2.01. The first-order valence-corrected chi connectivity index (χ1v) is 7.08. The summed E-state index contributed by atoms with van der Waals surface area (Å²) in [5, 5.41) is 9.45. The lowest BCUT2D eigenvalue weighted by atomic mass is 10.3. The highest BCUT2D eigenvalue weighted by Crippen LogP contribution is 2.35. The summed E-state index contributed by atoms with van der Waals surface area (Å²) in [4.78, 5) is 8.71. The molecule has 2 heterocycles. The summed E-state index contributed by atoms with van der Waals surface area (Å²) in [5.41, 5.74) is 7.82. The molecule has 0 atom stereocenters. The van der Waals surface area contributed by atoms with Gasteiger partial charge >= 0.3 is 0 Å². The molecule has 0 aliphatic carbocycles. The molecule has 1 aromatic carbocycles. The highest BCUT2D eigenvalue weighted by atomic mass is 32.2. The zero-order valence-corrected chi connectivity index (χ0v) is 11.3. The van der Waals surface area contributed by atoms with E-state index in [2.05, 4.69) is 9.97 Å². The molecule has 0 unspecified atom stereocenters. The average molecular weight is 284 g/mol. The number of anilines is 1. The predicted molar refractivity (Wildman–Crippen MR) is 77.1 cm³/mol. The SMILES string of the molecule is N#Cc1cnc(Sc2nc3ccccc3s2)c(N)c1. The van der Waals surface area contributed by atoms with Gasteiger partial charge in [-0.2, -0.15) is 5.26 Å². The number of para-hydroxylation sites is 1. The number of nitrogens with zero attached hydrogens (tertiary/aromatic N) is 3. The molecule has 0 bridgehead atoms. The van der Waals surface area contributed by atoms with E-state index in [0.717, 1.165) is 14.6 Å². The molecular weight excluding hydrogens is 276 g/mol. The van der Waals surface area contributed by atoms with Gasteiger partial charge < -0.3 is 5.73 Å². The fourth-order valence-electron chi connectivity index (χ4n) is 1.59. The molecule has 0 aliphatic rings. The number of pyridine rings is 1. The Morgan fingerprint density at radius 3 is 2.89 bits per heavy atom. The second kappa shape index (κ2) is 4.88. The van der Waals surface area contributed by atoms with Crippen molar-refractivity contribution < 1.29 is 0 Å². The Hall–Kier alpha value is -2.10. The molecule has 0 radical (unpaired) electrons. The Labute approximate surface area is 117 Å². The van der Waals surface area contributed by atoms with Gasteiger partial charge in [0.2, 0.25) is 0 Å². The predicted octanol–water partition coefficient (Wildman–Crippen LogP) is 3.30. The summed E-state index contributed by atoms with van der Waals surface area (Å²) in [6, 6.07) is 11.6. The van der Waals surface area contributed by atoms with Crippen molar-refractivity contribution in [2.75, 3.05) is 5.73 Å². The number of benzene rings is 1. The Morgan fingerprint density at radius 2 is 2.16 bits per heavy atom. The molecule has 0 amide bonds. The lowest BCUT2D eigenvalue weighted by Crippen LogP contribution is -1.92. The molecule has 2 aromatic heterocycles. The first kappa shape index (κ1) is 12.0. The van der Waals surface area contributed by atoms with E-state index in [1.165, 1.54) is 18.0 Å². The molecular formula is C13H8N4S2. The van der Waals surface area contributed by atoms with Gasteiger partial charge in [-0.25, -0.2) is 9.97 Å². The Morgan fingerprint density at radius 1 is 1.32 bits per heavy atom. The van der Waals surface area contributed by atoms with Crippen LogP contribution in [0.1, 0.15) is 5.56 Å². The highest BCUT2D eigenvalue weighted by Gasteiger charge is 2.09. The normalized spacial score (nSPS) is 10.5. The number of hydrogen-bond acceptors (Lipinski definition) is 6. The van der Waals surface area contributed by atoms with Gasteiger partial charge in [0.15, 0.2) is 4.34 Å². The number of fused-ring (bicyclic) bond motifs is 1. The molecule has 0 aliphatic heterocycles. The van der Waals surface area contributed by atoms with Gasteiger partial charge in [-0.05, 0) is 30.0 Å². The monoisotopic (exact) mass is 284 g/mol. The summed E-state index contributed by atoms with van der Waals surface area (Å²) in [7, 11) is 0. The maximum Gasteiger partial charge on any atom is 0.157 e. The molecule has 0 saturated heterocycles. The number of nitriles is 1. The Kier molecular flexibility index (Phi) is 3.07. The molecule has 92 valence electrons. The molecule has 19 heavy (non-hydrogen) atoms. The molecule has 4 nitrogen and oxygen atoms in total. The van der Waals surface area contributed by atoms with Gasteiger partial charge in [0.1, 0.15) is 11.1 Å². The van der Waals surface area contributed by atoms with Crippen molar-refractivity contribution >= 4 is 39.0 Å². The third-order valence-electron chi connectivity index (χ3n) is 2.47. The van der Waals surface area contributed by atoms with Gasteiger partial charge in [-0.1, -0.05) is 12.1 Å². The van der Waals surface area contributed by atoms with Crippen LogP contribution in [0.4, 0.5) is 5.69 Å². The van der Waals surface area contributed by atoms with Crippen LogP contribution < -0.4 is 5.73 Å². The highest BCUT2D eigenvalue weighted by molar-refractivity contribution is 8.01. The fraction of sp³-hybridized carbons (Fsp3) is 0. The third-order valence-corrected chi connectivity index (χ3v) is 4.60. The van der Waals surface area contributed by atoms with Crippen molar-refractivity contribution in [3.8, 4) is 6.07 Å². The zero-order chi connectivity index (χ0) is 13.2. The van der Waals surface area contributed by atoms with Gasteiger partial charge in [0.05, 0.1) is 21.5 Å². The molecule has 0 saturated carbocycles. The van der Waals surface area contributed by atoms with Crippen molar-refractivity contribution in [2.45, 2.75) is 9.37 Å². The van der Waals surface area contributed by atoms with Crippen LogP contribution in [0, 0.1) is 11.3 Å². The first-order chi connectivity index (χ1) is 9.26. The number of rotatable bonds is 2. The van der Waals surface area contributed by atoms with Gasteiger partial charge in [0, 0.05) is 6.20 Å². The number of nitrogens with two attached hydrogens (primary N) is 1. The van der Waals surface area contributed by atoms with Crippen LogP contribution in [0.15, 0.2) is 45.9 Å². The smallest absolute Gasteiger partial charge is 0.157 e. The maximum absolute atomic E-state index is 8.78. The quantitative estimate of drug-likeness (QED) is 0.781. The minimum atomic E-state index is 0.464. The zero-order valence-electron chi connectivity index (χ0n) is 9.70. The third kappa shape index (κ3) is 2.38. The summed E-state index contributed by atoms with van der Waals surface area (Å²) < 4.78 is 2.03. The Balaban J connectivity index is 1.94. The van der Waals surface area contributed by atoms with E-state index < -0.39 is 0 Å².